The lowest BCUT2D eigenvalue weighted by Gasteiger charge is -2.23. The highest BCUT2D eigenvalue weighted by Crippen LogP contribution is 2.44. The van der Waals surface area contributed by atoms with Gasteiger partial charge in [-0.25, -0.2) is 9.78 Å². The molecular weight excluding hydrogens is 454 g/mol. The highest BCUT2D eigenvalue weighted by atomic mass is 32.1. The first-order valence-corrected chi connectivity index (χ1v) is 11.6. The highest BCUT2D eigenvalue weighted by Gasteiger charge is 2.29. The predicted molar refractivity (Wildman–Crippen MR) is 128 cm³/mol. The average Bonchev–Trinajstić information content (AvgIpc) is 3.38. The molecule has 0 spiro atoms. The molecule has 3 N–H and O–H groups in total. The van der Waals surface area contributed by atoms with Gasteiger partial charge in [0.25, 0.3) is 5.91 Å². The van der Waals surface area contributed by atoms with E-state index >= 15 is 0 Å². The Morgan fingerprint density at radius 2 is 1.68 bits per heavy atom. The molecule has 2 aromatic carbocycles. The summed E-state index contributed by atoms with van der Waals surface area (Å²) in [4.78, 5) is 40.2. The van der Waals surface area contributed by atoms with Crippen LogP contribution in [0.1, 0.15) is 52.0 Å². The number of alkyl carbamates (subject to hydrolysis) is 1. The lowest BCUT2D eigenvalue weighted by molar-refractivity contribution is -0.138. The number of carbonyl (C=O) groups is 3. The second-order valence-corrected chi connectivity index (χ2v) is 9.82. The second kappa shape index (κ2) is 9.64. The van der Waals surface area contributed by atoms with Crippen molar-refractivity contribution in [3.05, 3.63) is 75.7 Å². The Kier molecular flexibility index (Phi) is 6.65. The molecule has 0 fully saturated rings. The Morgan fingerprint density at radius 1 is 1.06 bits per heavy atom. The number of hydrogen-bond acceptors (Lipinski definition) is 6. The first kappa shape index (κ1) is 23.4. The molecule has 1 aromatic heterocycles. The van der Waals surface area contributed by atoms with Crippen LogP contribution >= 0.6 is 11.3 Å². The van der Waals surface area contributed by atoms with Crippen molar-refractivity contribution in [2.75, 3.05) is 6.61 Å². The minimum absolute atomic E-state index is 0.0255. The molecule has 1 aliphatic carbocycles. The number of carbonyl (C=O) groups excluding carboxylic acids is 2. The van der Waals surface area contributed by atoms with Gasteiger partial charge in [-0.1, -0.05) is 48.5 Å². The van der Waals surface area contributed by atoms with E-state index in [9.17, 15) is 14.4 Å². The molecule has 1 heterocycles. The van der Waals surface area contributed by atoms with Crippen LogP contribution in [-0.4, -0.2) is 40.2 Å². The fourth-order valence-electron chi connectivity index (χ4n) is 4.09. The molecule has 8 nitrogen and oxygen atoms in total. The van der Waals surface area contributed by atoms with Crippen LogP contribution in [0.5, 0.6) is 0 Å². The van der Waals surface area contributed by atoms with Gasteiger partial charge < -0.3 is 20.5 Å². The Labute approximate surface area is 201 Å². The van der Waals surface area contributed by atoms with Crippen molar-refractivity contribution in [2.45, 2.75) is 38.3 Å². The van der Waals surface area contributed by atoms with Crippen LogP contribution in [0.2, 0.25) is 0 Å². The van der Waals surface area contributed by atoms with Crippen molar-refractivity contribution in [2.24, 2.45) is 0 Å². The molecular formula is C25H25N3O5S. The van der Waals surface area contributed by atoms with Gasteiger partial charge in [0.2, 0.25) is 0 Å². The van der Waals surface area contributed by atoms with Crippen LogP contribution in [0.15, 0.2) is 54.7 Å². The van der Waals surface area contributed by atoms with Gasteiger partial charge >= 0.3 is 12.1 Å². The average molecular weight is 480 g/mol. The van der Waals surface area contributed by atoms with Crippen LogP contribution < -0.4 is 10.6 Å². The summed E-state index contributed by atoms with van der Waals surface area (Å²) in [6.07, 6.45) is 0.643. The van der Waals surface area contributed by atoms with E-state index in [2.05, 4.69) is 39.9 Å². The Balaban J connectivity index is 1.31. The van der Waals surface area contributed by atoms with Gasteiger partial charge in [0.15, 0.2) is 0 Å². The van der Waals surface area contributed by atoms with Crippen molar-refractivity contribution in [1.82, 2.24) is 15.6 Å². The molecule has 0 bridgehead atoms. The molecule has 0 radical (unpaired) electrons. The Bertz CT molecular complexity index is 1190. The summed E-state index contributed by atoms with van der Waals surface area (Å²) in [6.45, 7) is 3.61. The minimum atomic E-state index is -0.998. The van der Waals surface area contributed by atoms with E-state index in [1.54, 1.807) is 13.8 Å². The van der Waals surface area contributed by atoms with Crippen LogP contribution in [0.3, 0.4) is 0 Å². The standard InChI is InChI=1S/C25H25N3O5S/c1-25(2,11-22(29)30)28-23(31)20-12-26-21(34-20)13-27-24(32)33-14-19-17-9-5-3-7-15(17)16-8-4-6-10-18(16)19/h3-10,12,19H,11,13-14H2,1-2H3,(H,27,32)(H,28,31)(H,29,30). The third-order valence-corrected chi connectivity index (χ3v) is 6.55. The maximum atomic E-state index is 12.4. The number of carboxylic acid groups (broad SMARTS) is 1. The zero-order chi connectivity index (χ0) is 24.3. The summed E-state index contributed by atoms with van der Waals surface area (Å²) in [5.41, 5.74) is 3.70. The molecule has 0 aliphatic heterocycles. The fourth-order valence-corrected chi connectivity index (χ4v) is 4.84. The number of rotatable bonds is 8. The molecule has 0 atom stereocenters. The maximum Gasteiger partial charge on any atom is 0.407 e. The molecule has 1 aliphatic rings. The number of aromatic nitrogens is 1. The quantitative estimate of drug-likeness (QED) is 0.446. The Hall–Kier alpha value is -3.72. The molecule has 176 valence electrons. The van der Waals surface area contributed by atoms with Crippen molar-refractivity contribution >= 4 is 29.3 Å². The van der Waals surface area contributed by atoms with Gasteiger partial charge in [-0.2, -0.15) is 0 Å². The molecule has 2 amide bonds. The van der Waals surface area contributed by atoms with Gasteiger partial charge in [0.05, 0.1) is 19.2 Å². The van der Waals surface area contributed by atoms with Gasteiger partial charge in [0, 0.05) is 11.5 Å². The second-order valence-electron chi connectivity index (χ2n) is 8.71. The first-order valence-electron chi connectivity index (χ1n) is 10.8. The lowest BCUT2D eigenvalue weighted by atomic mass is 9.98. The van der Waals surface area contributed by atoms with E-state index in [1.165, 1.54) is 6.20 Å². The molecule has 3 aromatic rings. The molecule has 4 rings (SSSR count). The van der Waals surface area contributed by atoms with E-state index in [4.69, 9.17) is 9.84 Å². The van der Waals surface area contributed by atoms with E-state index in [1.807, 2.05) is 24.3 Å². The van der Waals surface area contributed by atoms with E-state index < -0.39 is 23.5 Å². The van der Waals surface area contributed by atoms with Crippen molar-refractivity contribution < 1.29 is 24.2 Å². The minimum Gasteiger partial charge on any atom is -0.481 e. The number of carboxylic acids is 1. The zero-order valence-corrected chi connectivity index (χ0v) is 19.6. The van der Waals surface area contributed by atoms with Crippen LogP contribution in [0.25, 0.3) is 11.1 Å². The summed E-state index contributed by atoms with van der Waals surface area (Å²) in [6, 6.07) is 16.2. The molecule has 0 saturated heterocycles. The third kappa shape index (κ3) is 5.26. The van der Waals surface area contributed by atoms with E-state index in [0.717, 1.165) is 33.6 Å². The summed E-state index contributed by atoms with van der Waals surface area (Å²) < 4.78 is 5.51. The van der Waals surface area contributed by atoms with Crippen molar-refractivity contribution in [3.63, 3.8) is 0 Å². The molecule has 0 saturated carbocycles. The summed E-state index contributed by atoms with van der Waals surface area (Å²) >= 11 is 1.13. The largest absolute Gasteiger partial charge is 0.481 e. The van der Waals surface area contributed by atoms with Crippen LogP contribution in [-0.2, 0) is 16.1 Å². The number of nitrogens with zero attached hydrogens (tertiary/aromatic N) is 1. The third-order valence-electron chi connectivity index (χ3n) is 5.55. The monoisotopic (exact) mass is 479 g/mol. The molecule has 0 unspecified atom stereocenters. The first-order chi connectivity index (χ1) is 16.2. The Morgan fingerprint density at radius 3 is 2.29 bits per heavy atom. The van der Waals surface area contributed by atoms with Gasteiger partial charge in [-0.15, -0.1) is 11.3 Å². The summed E-state index contributed by atoms with van der Waals surface area (Å²) in [7, 11) is 0. The van der Waals surface area contributed by atoms with Crippen LogP contribution in [0, 0.1) is 0 Å². The van der Waals surface area contributed by atoms with Gasteiger partial charge in [-0.05, 0) is 36.1 Å². The molecule has 34 heavy (non-hydrogen) atoms. The van der Waals surface area contributed by atoms with E-state index in [-0.39, 0.29) is 25.5 Å². The summed E-state index contributed by atoms with van der Waals surface area (Å²) in [5, 5.41) is 14.9. The number of thiazole rings is 1. The zero-order valence-electron chi connectivity index (χ0n) is 18.8. The SMILES string of the molecule is CC(C)(CC(=O)O)NC(=O)c1cnc(CNC(=O)OCC2c3ccccc3-c3ccccc32)s1. The molecule has 9 heteroatoms. The normalized spacial score (nSPS) is 12.5. The number of amides is 2. The van der Waals surface area contributed by atoms with Crippen molar-refractivity contribution in [1.29, 1.82) is 0 Å². The van der Waals surface area contributed by atoms with Crippen LogP contribution in [0.4, 0.5) is 4.79 Å². The lowest BCUT2D eigenvalue weighted by Crippen LogP contribution is -2.44. The van der Waals surface area contributed by atoms with Crippen molar-refractivity contribution in [3.8, 4) is 11.1 Å². The number of hydrogen-bond donors (Lipinski definition) is 3. The smallest absolute Gasteiger partial charge is 0.407 e. The number of nitrogens with one attached hydrogen (secondary N) is 2. The van der Waals surface area contributed by atoms with Gasteiger partial charge in [-0.3, -0.25) is 9.59 Å². The summed E-state index contributed by atoms with van der Waals surface area (Å²) in [5.74, 6) is -1.43. The maximum absolute atomic E-state index is 12.4. The highest BCUT2D eigenvalue weighted by molar-refractivity contribution is 7.13. The fraction of sp³-hybridized carbons (Fsp3) is 0.280. The van der Waals surface area contributed by atoms with Gasteiger partial charge in [0.1, 0.15) is 16.5 Å². The number of benzene rings is 2. The number of ether oxygens (including phenoxy) is 1. The van der Waals surface area contributed by atoms with E-state index in [0.29, 0.717) is 9.88 Å². The number of aliphatic carboxylic acids is 1. The predicted octanol–water partition coefficient (Wildman–Crippen LogP) is 4.16. The number of fused-ring (bicyclic) bond motifs is 3. The topological polar surface area (TPSA) is 118 Å².